The second-order valence-electron chi connectivity index (χ2n) is 4.76. The summed E-state index contributed by atoms with van der Waals surface area (Å²) in [7, 11) is 0. The molecule has 0 amide bonds. The molecular weight excluding hydrogens is 170 g/mol. The van der Waals surface area contributed by atoms with E-state index in [1.54, 1.807) is 0 Å². The predicted molar refractivity (Wildman–Crippen MR) is 61.7 cm³/mol. The number of hydrogen-bond donors (Lipinski definition) is 0. The molecule has 0 aromatic heterocycles. The van der Waals surface area contributed by atoms with Crippen LogP contribution in [0.1, 0.15) is 33.1 Å². The summed E-state index contributed by atoms with van der Waals surface area (Å²) in [5.74, 6) is 0. The minimum Gasteiger partial charge on any atom is -0.366 e. The molecule has 1 aromatic rings. The zero-order valence-electron chi connectivity index (χ0n) is 9.16. The second kappa shape index (κ2) is 3.64. The number of rotatable bonds is 1. The van der Waals surface area contributed by atoms with Crippen LogP contribution in [0.2, 0.25) is 0 Å². The van der Waals surface area contributed by atoms with Crippen LogP contribution >= 0.6 is 0 Å². The molecular formula is C13H19N. The van der Waals surface area contributed by atoms with Crippen LogP contribution in [0.4, 0.5) is 5.69 Å². The van der Waals surface area contributed by atoms with Gasteiger partial charge in [-0.05, 0) is 45.2 Å². The quantitative estimate of drug-likeness (QED) is 0.654. The molecule has 1 nitrogen and oxygen atoms in total. The maximum atomic E-state index is 2.54. The largest absolute Gasteiger partial charge is 0.366 e. The Kier molecular flexibility index (Phi) is 2.49. The van der Waals surface area contributed by atoms with Gasteiger partial charge in [0.15, 0.2) is 0 Å². The van der Waals surface area contributed by atoms with Crippen LogP contribution < -0.4 is 4.90 Å². The van der Waals surface area contributed by atoms with Gasteiger partial charge >= 0.3 is 0 Å². The summed E-state index contributed by atoms with van der Waals surface area (Å²) in [5.41, 5.74) is 1.71. The lowest BCUT2D eigenvalue weighted by Crippen LogP contribution is -2.47. The van der Waals surface area contributed by atoms with Gasteiger partial charge < -0.3 is 4.90 Å². The van der Waals surface area contributed by atoms with Crippen LogP contribution in [0, 0.1) is 0 Å². The molecule has 2 rings (SSSR count). The number of piperidine rings is 1. The van der Waals surface area contributed by atoms with E-state index in [0.717, 1.165) is 0 Å². The van der Waals surface area contributed by atoms with Crippen LogP contribution in [0.25, 0.3) is 0 Å². The first-order valence-corrected chi connectivity index (χ1v) is 5.53. The fourth-order valence-corrected chi connectivity index (χ4v) is 2.35. The summed E-state index contributed by atoms with van der Waals surface area (Å²) in [6.45, 7) is 5.90. The zero-order valence-corrected chi connectivity index (χ0v) is 9.16. The number of anilines is 1. The van der Waals surface area contributed by atoms with E-state index in [9.17, 15) is 0 Å². The molecule has 1 saturated heterocycles. The highest BCUT2D eigenvalue weighted by molar-refractivity contribution is 5.48. The summed E-state index contributed by atoms with van der Waals surface area (Å²) in [6.07, 6.45) is 4.01. The first-order valence-electron chi connectivity index (χ1n) is 5.53. The molecule has 0 saturated carbocycles. The van der Waals surface area contributed by atoms with Crippen molar-refractivity contribution in [2.75, 3.05) is 11.4 Å². The van der Waals surface area contributed by atoms with Crippen molar-refractivity contribution in [3.05, 3.63) is 30.3 Å². The number of nitrogens with zero attached hydrogens (tertiary/aromatic N) is 1. The van der Waals surface area contributed by atoms with Crippen molar-refractivity contribution in [2.45, 2.75) is 38.6 Å². The average molecular weight is 189 g/mol. The minimum absolute atomic E-state index is 0.333. The molecule has 0 radical (unpaired) electrons. The summed E-state index contributed by atoms with van der Waals surface area (Å²) >= 11 is 0. The Morgan fingerprint density at radius 3 is 2.43 bits per heavy atom. The van der Waals surface area contributed by atoms with Gasteiger partial charge in [-0.3, -0.25) is 0 Å². The van der Waals surface area contributed by atoms with E-state index >= 15 is 0 Å². The first-order chi connectivity index (χ1) is 6.70. The van der Waals surface area contributed by atoms with E-state index in [2.05, 4.69) is 49.1 Å². The first kappa shape index (κ1) is 9.57. The Balaban J connectivity index is 2.24. The average Bonchev–Trinajstić information content (AvgIpc) is 2.18. The fourth-order valence-electron chi connectivity index (χ4n) is 2.35. The Bertz CT molecular complexity index is 289. The monoisotopic (exact) mass is 189 g/mol. The van der Waals surface area contributed by atoms with Gasteiger partial charge in [-0.1, -0.05) is 18.2 Å². The van der Waals surface area contributed by atoms with Crippen molar-refractivity contribution in [3.8, 4) is 0 Å². The molecule has 1 aromatic carbocycles. The predicted octanol–water partition coefficient (Wildman–Crippen LogP) is 3.46. The lowest BCUT2D eigenvalue weighted by Gasteiger charge is -2.44. The van der Waals surface area contributed by atoms with E-state index in [4.69, 9.17) is 0 Å². The van der Waals surface area contributed by atoms with Crippen molar-refractivity contribution < 1.29 is 0 Å². The third-order valence-electron chi connectivity index (χ3n) is 3.22. The highest BCUT2D eigenvalue weighted by Gasteiger charge is 2.29. The molecule has 76 valence electrons. The van der Waals surface area contributed by atoms with Gasteiger partial charge in [-0.15, -0.1) is 0 Å². The summed E-state index contributed by atoms with van der Waals surface area (Å²) < 4.78 is 0. The van der Waals surface area contributed by atoms with E-state index in [1.165, 1.54) is 31.5 Å². The minimum atomic E-state index is 0.333. The highest BCUT2D eigenvalue weighted by Crippen LogP contribution is 2.31. The van der Waals surface area contributed by atoms with Gasteiger partial charge in [0.05, 0.1) is 0 Å². The lowest BCUT2D eigenvalue weighted by atomic mass is 9.90. The van der Waals surface area contributed by atoms with Crippen LogP contribution in [0.5, 0.6) is 0 Å². The van der Waals surface area contributed by atoms with Crippen LogP contribution in [-0.4, -0.2) is 12.1 Å². The van der Waals surface area contributed by atoms with Crippen molar-refractivity contribution in [2.24, 2.45) is 0 Å². The Hall–Kier alpha value is -0.980. The van der Waals surface area contributed by atoms with Gasteiger partial charge in [0.2, 0.25) is 0 Å². The normalized spacial score (nSPS) is 20.9. The zero-order chi connectivity index (χ0) is 10.0. The van der Waals surface area contributed by atoms with Crippen molar-refractivity contribution in [1.82, 2.24) is 0 Å². The van der Waals surface area contributed by atoms with E-state index < -0.39 is 0 Å². The van der Waals surface area contributed by atoms with Crippen LogP contribution in [-0.2, 0) is 0 Å². The molecule has 0 aliphatic carbocycles. The summed E-state index contributed by atoms with van der Waals surface area (Å²) in [4.78, 5) is 2.54. The molecule has 0 atom stereocenters. The summed E-state index contributed by atoms with van der Waals surface area (Å²) in [5, 5.41) is 0. The van der Waals surface area contributed by atoms with Gasteiger partial charge in [0.1, 0.15) is 0 Å². The lowest BCUT2D eigenvalue weighted by molar-refractivity contribution is 0.362. The highest BCUT2D eigenvalue weighted by atomic mass is 15.2. The van der Waals surface area contributed by atoms with Crippen molar-refractivity contribution >= 4 is 5.69 Å². The fraction of sp³-hybridized carbons (Fsp3) is 0.538. The molecule has 1 fully saturated rings. The maximum absolute atomic E-state index is 2.54. The number of para-hydroxylation sites is 1. The molecule has 0 spiro atoms. The molecule has 1 aliphatic heterocycles. The van der Waals surface area contributed by atoms with Crippen molar-refractivity contribution in [1.29, 1.82) is 0 Å². The van der Waals surface area contributed by atoms with Gasteiger partial charge in [-0.2, -0.15) is 0 Å². The van der Waals surface area contributed by atoms with E-state index in [0.29, 0.717) is 5.54 Å². The SMILES string of the molecule is CC1(C)CCCCN1c1ccccc1. The molecule has 14 heavy (non-hydrogen) atoms. The second-order valence-corrected chi connectivity index (χ2v) is 4.76. The summed E-state index contributed by atoms with van der Waals surface area (Å²) in [6, 6.07) is 10.8. The Morgan fingerprint density at radius 2 is 1.79 bits per heavy atom. The van der Waals surface area contributed by atoms with Crippen LogP contribution in [0.15, 0.2) is 30.3 Å². The Labute approximate surface area is 86.7 Å². The number of benzene rings is 1. The topological polar surface area (TPSA) is 3.24 Å². The third-order valence-corrected chi connectivity index (χ3v) is 3.22. The molecule has 0 N–H and O–H groups in total. The number of hydrogen-bond acceptors (Lipinski definition) is 1. The third kappa shape index (κ3) is 1.77. The smallest absolute Gasteiger partial charge is 0.0370 e. The standard InChI is InChI=1S/C13H19N/c1-13(2)10-6-7-11-14(13)12-8-4-3-5-9-12/h3-5,8-9H,6-7,10-11H2,1-2H3. The van der Waals surface area contributed by atoms with Gasteiger partial charge in [0, 0.05) is 17.8 Å². The molecule has 1 heterocycles. The Morgan fingerprint density at radius 1 is 1.07 bits per heavy atom. The van der Waals surface area contributed by atoms with Gasteiger partial charge in [-0.25, -0.2) is 0 Å². The van der Waals surface area contributed by atoms with E-state index in [1.807, 2.05) is 0 Å². The van der Waals surface area contributed by atoms with Crippen molar-refractivity contribution in [3.63, 3.8) is 0 Å². The van der Waals surface area contributed by atoms with E-state index in [-0.39, 0.29) is 0 Å². The van der Waals surface area contributed by atoms with Crippen LogP contribution in [0.3, 0.4) is 0 Å². The molecule has 1 aliphatic rings. The molecule has 0 bridgehead atoms. The molecule has 1 heteroatoms. The maximum Gasteiger partial charge on any atom is 0.0370 e. The van der Waals surface area contributed by atoms with Gasteiger partial charge in [0.25, 0.3) is 0 Å². The molecule has 0 unspecified atom stereocenters.